The molecule has 1 heterocycles. The second-order valence-corrected chi connectivity index (χ2v) is 4.63. The molecule has 88 valence electrons. The standard InChI is InChI=1S/C14H14O2S/c1-2-8-16-12-6-3-5-11(10-12)14(15)13-7-4-9-17-13/h3-7,9-10H,2,8H2,1H3. The van der Waals surface area contributed by atoms with Crippen LogP contribution in [0.25, 0.3) is 0 Å². The molecule has 2 nitrogen and oxygen atoms in total. The Hall–Kier alpha value is -1.61. The molecule has 0 radical (unpaired) electrons. The van der Waals surface area contributed by atoms with Crippen molar-refractivity contribution in [3.63, 3.8) is 0 Å². The molecule has 0 bridgehead atoms. The van der Waals surface area contributed by atoms with E-state index in [4.69, 9.17) is 4.74 Å². The highest BCUT2D eigenvalue weighted by atomic mass is 32.1. The number of carbonyl (C=O) groups is 1. The van der Waals surface area contributed by atoms with Crippen molar-refractivity contribution in [1.29, 1.82) is 0 Å². The maximum Gasteiger partial charge on any atom is 0.203 e. The SMILES string of the molecule is CCCOc1cccc(C(=O)c2cccs2)c1. The summed E-state index contributed by atoms with van der Waals surface area (Å²) in [4.78, 5) is 12.8. The van der Waals surface area contributed by atoms with Crippen LogP contribution in [-0.4, -0.2) is 12.4 Å². The number of rotatable bonds is 5. The Morgan fingerprint density at radius 1 is 1.29 bits per heavy atom. The van der Waals surface area contributed by atoms with Crippen LogP contribution < -0.4 is 4.74 Å². The Morgan fingerprint density at radius 3 is 2.88 bits per heavy atom. The second-order valence-electron chi connectivity index (χ2n) is 3.68. The van der Waals surface area contributed by atoms with Crippen LogP contribution in [0.1, 0.15) is 28.6 Å². The zero-order valence-electron chi connectivity index (χ0n) is 9.68. The number of carbonyl (C=O) groups excluding carboxylic acids is 1. The second kappa shape index (κ2) is 5.64. The lowest BCUT2D eigenvalue weighted by molar-refractivity contribution is 0.104. The lowest BCUT2D eigenvalue weighted by Gasteiger charge is -2.05. The van der Waals surface area contributed by atoms with Crippen molar-refractivity contribution >= 4 is 17.1 Å². The van der Waals surface area contributed by atoms with Crippen LogP contribution in [0, 0.1) is 0 Å². The van der Waals surface area contributed by atoms with Gasteiger partial charge < -0.3 is 4.74 Å². The molecule has 0 saturated carbocycles. The van der Waals surface area contributed by atoms with Crippen molar-refractivity contribution in [1.82, 2.24) is 0 Å². The monoisotopic (exact) mass is 246 g/mol. The van der Waals surface area contributed by atoms with Crippen LogP contribution in [0.3, 0.4) is 0 Å². The normalized spacial score (nSPS) is 10.2. The van der Waals surface area contributed by atoms with E-state index < -0.39 is 0 Å². The average Bonchev–Trinajstić information content (AvgIpc) is 2.89. The largest absolute Gasteiger partial charge is 0.494 e. The molecule has 2 rings (SSSR count). The van der Waals surface area contributed by atoms with Crippen LogP contribution in [-0.2, 0) is 0 Å². The van der Waals surface area contributed by atoms with E-state index in [1.807, 2.05) is 35.7 Å². The lowest BCUT2D eigenvalue weighted by atomic mass is 10.1. The number of hydrogen-bond donors (Lipinski definition) is 0. The fraction of sp³-hybridized carbons (Fsp3) is 0.214. The maximum atomic E-state index is 12.1. The van der Waals surface area contributed by atoms with Crippen molar-refractivity contribution in [2.75, 3.05) is 6.61 Å². The first kappa shape index (κ1) is 11.9. The Kier molecular flexibility index (Phi) is 3.94. The first-order valence-electron chi connectivity index (χ1n) is 5.62. The van der Waals surface area contributed by atoms with Gasteiger partial charge in [0.1, 0.15) is 5.75 Å². The van der Waals surface area contributed by atoms with Gasteiger partial charge in [-0.3, -0.25) is 4.79 Å². The van der Waals surface area contributed by atoms with Crippen molar-refractivity contribution in [3.8, 4) is 5.75 Å². The third-order valence-electron chi connectivity index (χ3n) is 2.31. The number of ether oxygens (including phenoxy) is 1. The molecule has 1 aromatic carbocycles. The van der Waals surface area contributed by atoms with E-state index in [0.717, 1.165) is 17.0 Å². The molecule has 0 aliphatic rings. The minimum atomic E-state index is 0.0574. The number of ketones is 1. The molecule has 0 atom stereocenters. The Bertz CT molecular complexity index is 489. The third-order valence-corrected chi connectivity index (χ3v) is 3.18. The topological polar surface area (TPSA) is 26.3 Å². The van der Waals surface area contributed by atoms with Crippen LogP contribution in [0.4, 0.5) is 0 Å². The summed E-state index contributed by atoms with van der Waals surface area (Å²) >= 11 is 1.46. The van der Waals surface area contributed by atoms with Crippen LogP contribution in [0.2, 0.25) is 0 Å². The van der Waals surface area contributed by atoms with Gasteiger partial charge in [-0.05, 0) is 30.0 Å². The molecule has 1 aromatic heterocycles. The molecule has 0 aliphatic heterocycles. The first-order valence-corrected chi connectivity index (χ1v) is 6.50. The number of benzene rings is 1. The Labute approximate surface area is 105 Å². The molecule has 0 N–H and O–H groups in total. The molecule has 3 heteroatoms. The number of thiophene rings is 1. The average molecular weight is 246 g/mol. The summed E-state index contributed by atoms with van der Waals surface area (Å²) in [5, 5.41) is 1.91. The van der Waals surface area contributed by atoms with Gasteiger partial charge in [0, 0.05) is 5.56 Å². The molecule has 0 aliphatic carbocycles. The third kappa shape index (κ3) is 2.94. The van der Waals surface area contributed by atoms with Gasteiger partial charge >= 0.3 is 0 Å². The van der Waals surface area contributed by atoms with E-state index in [9.17, 15) is 4.79 Å². The molecule has 0 fully saturated rings. The molecule has 0 spiro atoms. The van der Waals surface area contributed by atoms with Crippen LogP contribution in [0.15, 0.2) is 41.8 Å². The van der Waals surface area contributed by atoms with E-state index >= 15 is 0 Å². The van der Waals surface area contributed by atoms with Crippen molar-refractivity contribution in [2.24, 2.45) is 0 Å². The Balaban J connectivity index is 2.18. The lowest BCUT2D eigenvalue weighted by Crippen LogP contribution is -2.00. The highest BCUT2D eigenvalue weighted by Gasteiger charge is 2.10. The van der Waals surface area contributed by atoms with Gasteiger partial charge in [0.15, 0.2) is 0 Å². The van der Waals surface area contributed by atoms with Gasteiger partial charge in [0.25, 0.3) is 0 Å². The van der Waals surface area contributed by atoms with E-state index in [1.165, 1.54) is 11.3 Å². The number of hydrogen-bond acceptors (Lipinski definition) is 3. The summed E-state index contributed by atoms with van der Waals surface area (Å²) in [6, 6.07) is 11.1. The van der Waals surface area contributed by atoms with Crippen LogP contribution >= 0.6 is 11.3 Å². The molecule has 0 amide bonds. The molecule has 0 saturated heterocycles. The summed E-state index contributed by atoms with van der Waals surface area (Å²) in [6.45, 7) is 2.73. The van der Waals surface area contributed by atoms with Gasteiger partial charge in [-0.1, -0.05) is 25.1 Å². The van der Waals surface area contributed by atoms with Gasteiger partial charge in [-0.2, -0.15) is 0 Å². The summed E-state index contributed by atoms with van der Waals surface area (Å²) in [5.74, 6) is 0.816. The highest BCUT2D eigenvalue weighted by Crippen LogP contribution is 2.19. The highest BCUT2D eigenvalue weighted by molar-refractivity contribution is 7.12. The van der Waals surface area contributed by atoms with Gasteiger partial charge in [0.2, 0.25) is 5.78 Å². The zero-order valence-corrected chi connectivity index (χ0v) is 10.5. The minimum absolute atomic E-state index is 0.0574. The summed E-state index contributed by atoms with van der Waals surface area (Å²) < 4.78 is 5.51. The predicted octanol–water partition coefficient (Wildman–Crippen LogP) is 3.77. The molecule has 0 unspecified atom stereocenters. The quantitative estimate of drug-likeness (QED) is 0.751. The first-order chi connectivity index (χ1) is 8.31. The zero-order chi connectivity index (χ0) is 12.1. The van der Waals surface area contributed by atoms with Gasteiger partial charge in [-0.15, -0.1) is 11.3 Å². The summed E-state index contributed by atoms with van der Waals surface area (Å²) in [6.07, 6.45) is 0.961. The molecule has 17 heavy (non-hydrogen) atoms. The minimum Gasteiger partial charge on any atom is -0.494 e. The van der Waals surface area contributed by atoms with Crippen molar-refractivity contribution in [3.05, 3.63) is 52.2 Å². The maximum absolute atomic E-state index is 12.1. The molecular weight excluding hydrogens is 232 g/mol. The van der Waals surface area contributed by atoms with Gasteiger partial charge in [-0.25, -0.2) is 0 Å². The fourth-order valence-electron chi connectivity index (χ4n) is 1.50. The molecular formula is C14H14O2S. The van der Waals surface area contributed by atoms with Gasteiger partial charge in [0.05, 0.1) is 11.5 Å². The van der Waals surface area contributed by atoms with Crippen molar-refractivity contribution in [2.45, 2.75) is 13.3 Å². The fourth-order valence-corrected chi connectivity index (χ4v) is 2.18. The Morgan fingerprint density at radius 2 is 2.18 bits per heavy atom. The smallest absolute Gasteiger partial charge is 0.203 e. The summed E-state index contributed by atoms with van der Waals surface area (Å²) in [5.41, 5.74) is 0.682. The van der Waals surface area contributed by atoms with E-state index in [2.05, 4.69) is 6.92 Å². The van der Waals surface area contributed by atoms with E-state index in [-0.39, 0.29) is 5.78 Å². The van der Waals surface area contributed by atoms with E-state index in [1.54, 1.807) is 6.07 Å². The van der Waals surface area contributed by atoms with Crippen LogP contribution in [0.5, 0.6) is 5.75 Å². The molecule has 2 aromatic rings. The summed E-state index contributed by atoms with van der Waals surface area (Å²) in [7, 11) is 0. The van der Waals surface area contributed by atoms with Crippen molar-refractivity contribution < 1.29 is 9.53 Å². The van der Waals surface area contributed by atoms with E-state index in [0.29, 0.717) is 12.2 Å². The predicted molar refractivity (Wildman–Crippen MR) is 70.0 cm³/mol.